The topological polar surface area (TPSA) is 120 Å². The van der Waals surface area contributed by atoms with Crippen molar-refractivity contribution in [2.75, 3.05) is 31.3 Å². The summed E-state index contributed by atoms with van der Waals surface area (Å²) in [6.07, 6.45) is -4.91. The predicted molar refractivity (Wildman–Crippen MR) is 137 cm³/mol. The Morgan fingerprint density at radius 3 is 2.74 bits per heavy atom. The standard InChI is InChI=1S/C25H27ClF3N7O3/c1-12-18-10-35(5-4-6-36(18)34-21(12)23(37)31-2)22-15-11-39-19(9-17(15)32-24(33-22)38-3)14-7-13(30)8-16(26)20(14)25(27,28)29/h7-8,19H,4-6,9-11,30H2,1-3H3,(H,31,37). The summed E-state index contributed by atoms with van der Waals surface area (Å²) in [5, 5.41) is 6.63. The number of amides is 1. The third-order valence-corrected chi connectivity index (χ3v) is 7.31. The van der Waals surface area contributed by atoms with E-state index < -0.39 is 22.9 Å². The minimum absolute atomic E-state index is 0.0265. The van der Waals surface area contributed by atoms with Crippen molar-refractivity contribution in [3.05, 3.63) is 56.5 Å². The zero-order valence-electron chi connectivity index (χ0n) is 21.5. The lowest BCUT2D eigenvalue weighted by Gasteiger charge is -2.31. The van der Waals surface area contributed by atoms with Gasteiger partial charge in [0.2, 0.25) is 0 Å². The average molecular weight is 566 g/mol. The number of carbonyl (C=O) groups is 1. The highest BCUT2D eigenvalue weighted by atomic mass is 35.5. The first-order valence-electron chi connectivity index (χ1n) is 12.3. The van der Waals surface area contributed by atoms with Gasteiger partial charge in [0.05, 0.1) is 48.3 Å². The van der Waals surface area contributed by atoms with Gasteiger partial charge in [0.15, 0.2) is 5.69 Å². The van der Waals surface area contributed by atoms with Crippen LogP contribution in [0.4, 0.5) is 24.7 Å². The van der Waals surface area contributed by atoms with Gasteiger partial charge in [-0.15, -0.1) is 0 Å². The van der Waals surface area contributed by atoms with Gasteiger partial charge in [-0.1, -0.05) is 11.6 Å². The van der Waals surface area contributed by atoms with Crippen molar-refractivity contribution >= 4 is 29.0 Å². The summed E-state index contributed by atoms with van der Waals surface area (Å²) >= 11 is 5.97. The normalized spacial score (nSPS) is 17.3. The number of ether oxygens (including phenoxy) is 2. The van der Waals surface area contributed by atoms with E-state index in [9.17, 15) is 18.0 Å². The van der Waals surface area contributed by atoms with E-state index in [0.29, 0.717) is 42.4 Å². The van der Waals surface area contributed by atoms with Crippen molar-refractivity contribution in [2.24, 2.45) is 0 Å². The molecule has 0 spiro atoms. The van der Waals surface area contributed by atoms with E-state index >= 15 is 0 Å². The molecule has 0 bridgehead atoms. The Morgan fingerprint density at radius 2 is 2.05 bits per heavy atom. The van der Waals surface area contributed by atoms with E-state index in [1.54, 1.807) is 7.05 Å². The van der Waals surface area contributed by atoms with Gasteiger partial charge in [-0.2, -0.15) is 28.2 Å². The van der Waals surface area contributed by atoms with Crippen LogP contribution in [0.2, 0.25) is 5.02 Å². The summed E-state index contributed by atoms with van der Waals surface area (Å²) in [6.45, 7) is 3.47. The number of benzene rings is 1. The maximum absolute atomic E-state index is 13.9. The largest absolute Gasteiger partial charge is 0.467 e. The van der Waals surface area contributed by atoms with Crippen LogP contribution in [-0.2, 0) is 37.0 Å². The fourth-order valence-electron chi connectivity index (χ4n) is 5.14. The molecule has 0 saturated heterocycles. The van der Waals surface area contributed by atoms with Gasteiger partial charge in [0.25, 0.3) is 5.91 Å². The number of anilines is 2. The zero-order valence-corrected chi connectivity index (χ0v) is 22.3. The number of carbonyl (C=O) groups excluding carboxylic acids is 1. The van der Waals surface area contributed by atoms with Gasteiger partial charge in [0.1, 0.15) is 5.82 Å². The third kappa shape index (κ3) is 4.96. The maximum Gasteiger partial charge on any atom is 0.418 e. The van der Waals surface area contributed by atoms with E-state index in [-0.39, 0.29) is 36.2 Å². The zero-order chi connectivity index (χ0) is 28.1. The van der Waals surface area contributed by atoms with Crippen LogP contribution in [0.1, 0.15) is 56.7 Å². The summed E-state index contributed by atoms with van der Waals surface area (Å²) in [5.74, 6) is 0.299. The van der Waals surface area contributed by atoms with E-state index in [1.165, 1.54) is 13.2 Å². The minimum Gasteiger partial charge on any atom is -0.467 e. The number of nitrogens with zero attached hydrogens (tertiary/aromatic N) is 5. The van der Waals surface area contributed by atoms with Crippen LogP contribution < -0.4 is 20.7 Å². The lowest BCUT2D eigenvalue weighted by molar-refractivity contribution is -0.139. The predicted octanol–water partition coefficient (Wildman–Crippen LogP) is 3.83. The van der Waals surface area contributed by atoms with Crippen molar-refractivity contribution in [2.45, 2.75) is 51.7 Å². The molecule has 1 unspecified atom stereocenters. The molecular weight excluding hydrogens is 539 g/mol. The summed E-state index contributed by atoms with van der Waals surface area (Å²) in [4.78, 5) is 23.4. The molecular formula is C25H27ClF3N7O3. The molecule has 10 nitrogen and oxygen atoms in total. The fourth-order valence-corrected chi connectivity index (χ4v) is 5.49. The van der Waals surface area contributed by atoms with Gasteiger partial charge in [-0.05, 0) is 31.0 Å². The van der Waals surface area contributed by atoms with E-state index in [2.05, 4.69) is 20.4 Å². The molecule has 5 rings (SSSR count). The number of alkyl halides is 3. The summed E-state index contributed by atoms with van der Waals surface area (Å²) in [7, 11) is 2.99. The molecule has 1 atom stereocenters. The Bertz CT molecular complexity index is 1440. The molecule has 3 N–H and O–H groups in total. The maximum atomic E-state index is 13.9. The molecule has 2 aliphatic rings. The molecule has 3 aromatic rings. The van der Waals surface area contributed by atoms with Gasteiger partial charge < -0.3 is 25.4 Å². The fraction of sp³-hybridized carbons (Fsp3) is 0.440. The van der Waals surface area contributed by atoms with Crippen LogP contribution >= 0.6 is 11.6 Å². The van der Waals surface area contributed by atoms with Crippen molar-refractivity contribution < 1.29 is 27.4 Å². The third-order valence-electron chi connectivity index (χ3n) is 7.01. The lowest BCUT2D eigenvalue weighted by atomic mass is 9.94. The van der Waals surface area contributed by atoms with E-state index in [1.807, 2.05) is 16.5 Å². The molecule has 0 saturated carbocycles. The van der Waals surface area contributed by atoms with Gasteiger partial charge in [-0.25, -0.2) is 0 Å². The van der Waals surface area contributed by atoms with Crippen molar-refractivity contribution in [3.63, 3.8) is 0 Å². The summed E-state index contributed by atoms with van der Waals surface area (Å²) in [5.41, 5.74) is 8.01. The van der Waals surface area contributed by atoms with Crippen LogP contribution in [0, 0.1) is 6.92 Å². The van der Waals surface area contributed by atoms with E-state index in [4.69, 9.17) is 26.8 Å². The number of hydrogen-bond donors (Lipinski definition) is 2. The number of aryl methyl sites for hydroxylation is 1. The molecule has 208 valence electrons. The Labute approximate surface area is 227 Å². The lowest BCUT2D eigenvalue weighted by Crippen LogP contribution is -2.29. The average Bonchev–Trinajstić information content (AvgIpc) is 3.06. The smallest absolute Gasteiger partial charge is 0.418 e. The van der Waals surface area contributed by atoms with Crippen LogP contribution in [0.25, 0.3) is 0 Å². The van der Waals surface area contributed by atoms with Gasteiger partial charge >= 0.3 is 12.2 Å². The molecule has 1 amide bonds. The number of hydrogen-bond acceptors (Lipinski definition) is 8. The number of nitrogen functional groups attached to an aromatic ring is 1. The molecule has 0 aliphatic carbocycles. The minimum atomic E-state index is -4.70. The van der Waals surface area contributed by atoms with Gasteiger partial charge in [0, 0.05) is 43.4 Å². The van der Waals surface area contributed by atoms with Crippen LogP contribution in [0.5, 0.6) is 6.01 Å². The molecule has 1 aromatic carbocycles. The van der Waals surface area contributed by atoms with Crippen LogP contribution in [0.3, 0.4) is 0 Å². The highest BCUT2D eigenvalue weighted by Crippen LogP contribution is 2.44. The van der Waals surface area contributed by atoms with Crippen molar-refractivity contribution in [1.82, 2.24) is 25.1 Å². The number of nitrogens with one attached hydrogen (secondary N) is 1. The number of rotatable bonds is 4. The summed E-state index contributed by atoms with van der Waals surface area (Å²) < 4.78 is 54.9. The molecule has 2 aromatic heterocycles. The first-order chi connectivity index (χ1) is 18.5. The number of fused-ring (bicyclic) bond motifs is 2. The molecule has 0 radical (unpaired) electrons. The monoisotopic (exact) mass is 565 g/mol. The molecule has 14 heteroatoms. The number of halogens is 4. The highest BCUT2D eigenvalue weighted by molar-refractivity contribution is 6.31. The number of nitrogens with two attached hydrogens (primary N) is 1. The quantitative estimate of drug-likeness (QED) is 0.458. The number of aromatic nitrogens is 4. The SMILES string of the molecule is CNC(=O)c1nn2c(c1C)CN(c1nc(OC)nc3c1COC(c1cc(N)cc(Cl)c1C(F)(F)F)C3)CCC2. The van der Waals surface area contributed by atoms with Crippen LogP contribution in [0.15, 0.2) is 12.1 Å². The molecule has 4 heterocycles. The second-order valence-electron chi connectivity index (χ2n) is 9.43. The van der Waals surface area contributed by atoms with Crippen molar-refractivity contribution in [3.8, 4) is 6.01 Å². The Kier molecular flexibility index (Phi) is 7.06. The highest BCUT2D eigenvalue weighted by Gasteiger charge is 2.40. The molecule has 0 fully saturated rings. The second kappa shape index (κ2) is 10.2. The first-order valence-corrected chi connectivity index (χ1v) is 12.6. The number of methoxy groups -OCH3 is 1. The van der Waals surface area contributed by atoms with Crippen molar-refractivity contribution in [1.29, 1.82) is 0 Å². The second-order valence-corrected chi connectivity index (χ2v) is 9.83. The Morgan fingerprint density at radius 1 is 1.28 bits per heavy atom. The van der Waals surface area contributed by atoms with Crippen LogP contribution in [-0.4, -0.2) is 46.4 Å². The molecule has 39 heavy (non-hydrogen) atoms. The molecule has 2 aliphatic heterocycles. The summed E-state index contributed by atoms with van der Waals surface area (Å²) in [6, 6.07) is 2.41. The first kappa shape index (κ1) is 27.0. The van der Waals surface area contributed by atoms with E-state index in [0.717, 1.165) is 23.7 Å². The Balaban J connectivity index is 1.53. The Hall–Kier alpha value is -3.58. The van der Waals surface area contributed by atoms with Gasteiger partial charge in [-0.3, -0.25) is 9.48 Å².